The summed E-state index contributed by atoms with van der Waals surface area (Å²) >= 11 is 0. The summed E-state index contributed by atoms with van der Waals surface area (Å²) in [5.74, 6) is -0.305. The van der Waals surface area contributed by atoms with Crippen molar-refractivity contribution in [3.05, 3.63) is 66.7 Å². The first-order valence-electron chi connectivity index (χ1n) is 7.63. The van der Waals surface area contributed by atoms with Gasteiger partial charge in [0.05, 0.1) is 4.90 Å². The summed E-state index contributed by atoms with van der Waals surface area (Å²) < 4.78 is 25.2. The first kappa shape index (κ1) is 18.7. The Morgan fingerprint density at radius 3 is 2.12 bits per heavy atom. The Morgan fingerprint density at radius 2 is 1.60 bits per heavy atom. The highest BCUT2D eigenvalue weighted by Crippen LogP contribution is 2.17. The van der Waals surface area contributed by atoms with E-state index in [2.05, 4.69) is 17.2 Å². The van der Waals surface area contributed by atoms with E-state index in [-0.39, 0.29) is 10.8 Å². The van der Waals surface area contributed by atoms with E-state index in [0.29, 0.717) is 17.8 Å². The Bertz CT molecular complexity index is 842. The molecule has 0 fully saturated rings. The molecule has 0 heterocycles. The minimum absolute atomic E-state index is 0.145. The lowest BCUT2D eigenvalue weighted by Gasteiger charge is -2.12. The van der Waals surface area contributed by atoms with E-state index in [1.165, 1.54) is 38.4 Å². The van der Waals surface area contributed by atoms with Crippen LogP contribution in [0, 0.1) is 0 Å². The summed E-state index contributed by atoms with van der Waals surface area (Å²) in [6, 6.07) is 13.1. The van der Waals surface area contributed by atoms with E-state index in [0.717, 1.165) is 9.99 Å². The smallest absolute Gasteiger partial charge is 0.255 e. The van der Waals surface area contributed by atoms with Gasteiger partial charge in [-0.3, -0.25) is 4.79 Å². The molecule has 0 atom stereocenters. The number of carbonyl (C=O) groups is 1. The van der Waals surface area contributed by atoms with E-state index < -0.39 is 10.0 Å². The van der Waals surface area contributed by atoms with Gasteiger partial charge in [0.1, 0.15) is 0 Å². The second-order valence-corrected chi connectivity index (χ2v) is 7.66. The lowest BCUT2D eigenvalue weighted by atomic mass is 10.2. The number of sulfonamides is 1. The standard InChI is InChI=1S/C18H21N3O3S/c1-4-13-19-15-7-9-16(10-8-15)20-18(22)14-5-11-17(12-6-14)25(23,24)21(2)3/h4-12,19H,1,13H2,2-3H3,(H,20,22). The van der Waals surface area contributed by atoms with Crippen LogP contribution in [-0.2, 0) is 10.0 Å². The SMILES string of the molecule is C=CCNc1ccc(NC(=O)c2ccc(S(=O)(=O)N(C)C)cc2)cc1. The molecule has 0 radical (unpaired) electrons. The van der Waals surface area contributed by atoms with E-state index in [1.807, 2.05) is 12.1 Å². The van der Waals surface area contributed by atoms with Crippen LogP contribution in [0.4, 0.5) is 11.4 Å². The molecule has 0 unspecified atom stereocenters. The van der Waals surface area contributed by atoms with Crippen LogP contribution in [0.25, 0.3) is 0 Å². The predicted molar refractivity (Wildman–Crippen MR) is 100 cm³/mol. The maximum Gasteiger partial charge on any atom is 0.255 e. The number of carbonyl (C=O) groups excluding carboxylic acids is 1. The fourth-order valence-electron chi connectivity index (χ4n) is 2.05. The van der Waals surface area contributed by atoms with Crippen molar-refractivity contribution in [2.45, 2.75) is 4.90 Å². The van der Waals surface area contributed by atoms with Crippen molar-refractivity contribution in [2.24, 2.45) is 0 Å². The monoisotopic (exact) mass is 359 g/mol. The molecule has 2 aromatic rings. The van der Waals surface area contributed by atoms with Gasteiger partial charge in [0, 0.05) is 37.6 Å². The van der Waals surface area contributed by atoms with E-state index in [4.69, 9.17) is 0 Å². The minimum Gasteiger partial charge on any atom is -0.382 e. The molecular formula is C18H21N3O3S. The van der Waals surface area contributed by atoms with Crippen LogP contribution in [0.5, 0.6) is 0 Å². The fraction of sp³-hybridized carbons (Fsp3) is 0.167. The number of nitrogens with zero attached hydrogens (tertiary/aromatic N) is 1. The number of anilines is 2. The van der Waals surface area contributed by atoms with E-state index in [1.54, 1.807) is 18.2 Å². The van der Waals surface area contributed by atoms with Crippen molar-refractivity contribution in [1.82, 2.24) is 4.31 Å². The molecule has 132 valence electrons. The van der Waals surface area contributed by atoms with Crippen LogP contribution in [0.3, 0.4) is 0 Å². The van der Waals surface area contributed by atoms with Gasteiger partial charge in [-0.25, -0.2) is 12.7 Å². The lowest BCUT2D eigenvalue weighted by molar-refractivity contribution is 0.102. The molecule has 0 aliphatic carbocycles. The summed E-state index contributed by atoms with van der Waals surface area (Å²) in [6.45, 7) is 4.30. The van der Waals surface area contributed by atoms with Crippen molar-refractivity contribution >= 4 is 27.3 Å². The van der Waals surface area contributed by atoms with Gasteiger partial charge < -0.3 is 10.6 Å². The Kier molecular flexibility index (Phi) is 5.95. The molecular weight excluding hydrogens is 338 g/mol. The average Bonchev–Trinajstić information content (AvgIpc) is 2.61. The molecule has 0 saturated heterocycles. The average molecular weight is 359 g/mol. The van der Waals surface area contributed by atoms with Crippen LogP contribution >= 0.6 is 0 Å². The topological polar surface area (TPSA) is 78.5 Å². The van der Waals surface area contributed by atoms with Crippen molar-refractivity contribution in [3.8, 4) is 0 Å². The minimum atomic E-state index is -3.50. The highest BCUT2D eigenvalue weighted by atomic mass is 32.2. The quantitative estimate of drug-likeness (QED) is 0.745. The summed E-state index contributed by atoms with van der Waals surface area (Å²) in [7, 11) is -0.579. The molecule has 0 saturated carbocycles. The van der Waals surface area contributed by atoms with Crippen molar-refractivity contribution in [2.75, 3.05) is 31.3 Å². The number of hydrogen-bond donors (Lipinski definition) is 2. The molecule has 0 aliphatic heterocycles. The van der Waals surface area contributed by atoms with Crippen LogP contribution in [0.15, 0.2) is 66.1 Å². The third-order valence-electron chi connectivity index (χ3n) is 3.49. The second-order valence-electron chi connectivity index (χ2n) is 5.51. The van der Waals surface area contributed by atoms with E-state index in [9.17, 15) is 13.2 Å². The van der Waals surface area contributed by atoms with Crippen LogP contribution in [0.1, 0.15) is 10.4 Å². The van der Waals surface area contributed by atoms with Gasteiger partial charge >= 0.3 is 0 Å². The zero-order chi connectivity index (χ0) is 18.4. The molecule has 0 aromatic heterocycles. The molecule has 25 heavy (non-hydrogen) atoms. The van der Waals surface area contributed by atoms with Crippen molar-refractivity contribution < 1.29 is 13.2 Å². The normalized spacial score (nSPS) is 11.2. The summed E-state index contributed by atoms with van der Waals surface area (Å²) in [4.78, 5) is 12.4. The molecule has 1 amide bonds. The Hall–Kier alpha value is -2.64. The number of hydrogen-bond acceptors (Lipinski definition) is 4. The molecule has 0 bridgehead atoms. The molecule has 6 nitrogen and oxygen atoms in total. The molecule has 2 aromatic carbocycles. The Morgan fingerprint density at radius 1 is 1.04 bits per heavy atom. The van der Waals surface area contributed by atoms with Crippen molar-refractivity contribution in [1.29, 1.82) is 0 Å². The van der Waals surface area contributed by atoms with Gasteiger partial charge in [-0.2, -0.15) is 0 Å². The first-order valence-corrected chi connectivity index (χ1v) is 9.07. The van der Waals surface area contributed by atoms with Gasteiger partial charge in [-0.15, -0.1) is 6.58 Å². The first-order chi connectivity index (χ1) is 11.8. The maximum atomic E-state index is 12.3. The third-order valence-corrected chi connectivity index (χ3v) is 5.32. The highest BCUT2D eigenvalue weighted by Gasteiger charge is 2.17. The van der Waals surface area contributed by atoms with Gasteiger partial charge in [0.2, 0.25) is 10.0 Å². The summed E-state index contributed by atoms with van der Waals surface area (Å²) in [5, 5.41) is 5.92. The molecule has 7 heteroatoms. The lowest BCUT2D eigenvalue weighted by Crippen LogP contribution is -2.22. The Balaban J connectivity index is 2.07. The highest BCUT2D eigenvalue weighted by molar-refractivity contribution is 7.89. The third kappa shape index (κ3) is 4.68. The zero-order valence-electron chi connectivity index (χ0n) is 14.2. The largest absolute Gasteiger partial charge is 0.382 e. The fourth-order valence-corrected chi connectivity index (χ4v) is 2.96. The molecule has 0 aliphatic rings. The van der Waals surface area contributed by atoms with Gasteiger partial charge in [-0.05, 0) is 48.5 Å². The molecule has 2 rings (SSSR count). The Labute approximate surface area is 148 Å². The number of nitrogens with one attached hydrogen (secondary N) is 2. The second kappa shape index (κ2) is 7.96. The summed E-state index contributed by atoms with van der Waals surface area (Å²) in [6.07, 6.45) is 1.76. The van der Waals surface area contributed by atoms with Gasteiger partial charge in [0.25, 0.3) is 5.91 Å². The van der Waals surface area contributed by atoms with E-state index >= 15 is 0 Å². The van der Waals surface area contributed by atoms with Crippen LogP contribution < -0.4 is 10.6 Å². The number of rotatable bonds is 7. The zero-order valence-corrected chi connectivity index (χ0v) is 15.0. The maximum absolute atomic E-state index is 12.3. The molecule has 2 N–H and O–H groups in total. The van der Waals surface area contributed by atoms with Crippen molar-refractivity contribution in [3.63, 3.8) is 0 Å². The number of benzene rings is 2. The van der Waals surface area contributed by atoms with Gasteiger partial charge in [-0.1, -0.05) is 6.08 Å². The van der Waals surface area contributed by atoms with Crippen LogP contribution in [0.2, 0.25) is 0 Å². The van der Waals surface area contributed by atoms with Crippen LogP contribution in [-0.4, -0.2) is 39.3 Å². The predicted octanol–water partition coefficient (Wildman–Crippen LogP) is 2.79. The van der Waals surface area contributed by atoms with Gasteiger partial charge in [0.15, 0.2) is 0 Å². The summed E-state index contributed by atoms with van der Waals surface area (Å²) in [5.41, 5.74) is 1.96. The molecule has 0 spiro atoms. The number of amides is 1.